The van der Waals surface area contributed by atoms with Crippen molar-refractivity contribution in [3.63, 3.8) is 0 Å². The Labute approximate surface area is 148 Å². The first-order chi connectivity index (χ1) is 11.0. The molecule has 23 heavy (non-hydrogen) atoms. The van der Waals surface area contributed by atoms with Gasteiger partial charge in [-0.3, -0.25) is 4.79 Å². The Kier molecular flexibility index (Phi) is 6.20. The summed E-state index contributed by atoms with van der Waals surface area (Å²) in [6.45, 7) is 3.81. The second-order valence-electron chi connectivity index (χ2n) is 4.94. The summed E-state index contributed by atoms with van der Waals surface area (Å²) in [6.07, 6.45) is 0.249. The van der Waals surface area contributed by atoms with Crippen molar-refractivity contribution >= 4 is 34.3 Å². The maximum Gasteiger partial charge on any atom is 0.354 e. The standard InChI is InChI=1S/C17H18INO4/c1-3-22-17(21)15-9-14(11(2)19-15)16(20)8-12-5-4-6-13(7-12)23-10-18/h4-7,9,19H,3,8,10H2,1-2H3. The van der Waals surface area contributed by atoms with Gasteiger partial charge >= 0.3 is 5.97 Å². The molecule has 0 amide bonds. The summed E-state index contributed by atoms with van der Waals surface area (Å²) in [6, 6.07) is 9.00. The third-order valence-corrected chi connectivity index (χ3v) is 3.61. The van der Waals surface area contributed by atoms with Gasteiger partial charge in [-0.25, -0.2) is 4.79 Å². The summed E-state index contributed by atoms with van der Waals surface area (Å²) in [4.78, 5) is 27.1. The van der Waals surface area contributed by atoms with Crippen molar-refractivity contribution in [2.75, 3.05) is 11.2 Å². The molecule has 0 aliphatic heterocycles. The van der Waals surface area contributed by atoms with E-state index < -0.39 is 5.97 Å². The van der Waals surface area contributed by atoms with Gasteiger partial charge in [-0.15, -0.1) is 0 Å². The van der Waals surface area contributed by atoms with Crippen LogP contribution in [0.4, 0.5) is 0 Å². The number of ketones is 1. The van der Waals surface area contributed by atoms with E-state index in [0.29, 0.717) is 28.2 Å². The molecule has 1 heterocycles. The van der Waals surface area contributed by atoms with Crippen LogP contribution in [0.25, 0.3) is 0 Å². The Hall–Kier alpha value is -1.83. The van der Waals surface area contributed by atoms with Crippen molar-refractivity contribution in [2.24, 2.45) is 0 Å². The molecule has 2 rings (SSSR count). The van der Waals surface area contributed by atoms with Gasteiger partial charge in [-0.2, -0.15) is 0 Å². The molecule has 1 aromatic carbocycles. The van der Waals surface area contributed by atoms with Crippen molar-refractivity contribution < 1.29 is 19.1 Å². The highest BCUT2D eigenvalue weighted by molar-refractivity contribution is 14.1. The molecule has 0 saturated carbocycles. The SMILES string of the molecule is CCOC(=O)c1cc(C(=O)Cc2cccc(OCI)c2)c(C)[nH]1. The molecular weight excluding hydrogens is 409 g/mol. The molecule has 2 aromatic rings. The van der Waals surface area contributed by atoms with E-state index in [2.05, 4.69) is 27.6 Å². The fourth-order valence-corrected chi connectivity index (χ4v) is 2.61. The van der Waals surface area contributed by atoms with Gasteiger partial charge in [0.15, 0.2) is 5.78 Å². The predicted octanol–water partition coefficient (Wildman–Crippen LogP) is 3.70. The quantitative estimate of drug-likeness (QED) is 0.317. The summed E-state index contributed by atoms with van der Waals surface area (Å²) in [5.41, 5.74) is 2.34. The van der Waals surface area contributed by atoms with Gasteiger partial charge in [-0.05, 0) is 60.2 Å². The lowest BCUT2D eigenvalue weighted by Gasteiger charge is -2.05. The van der Waals surface area contributed by atoms with Gasteiger partial charge in [0.2, 0.25) is 0 Å². The number of carbonyl (C=O) groups is 2. The second kappa shape index (κ2) is 8.14. The van der Waals surface area contributed by atoms with Gasteiger partial charge in [0.25, 0.3) is 0 Å². The van der Waals surface area contributed by atoms with E-state index in [1.807, 2.05) is 24.3 Å². The number of rotatable bonds is 7. The lowest BCUT2D eigenvalue weighted by molar-refractivity contribution is 0.0520. The van der Waals surface area contributed by atoms with Crippen LogP contribution < -0.4 is 4.74 Å². The maximum atomic E-state index is 12.5. The first-order valence-corrected chi connectivity index (χ1v) is 8.75. The van der Waals surface area contributed by atoms with Crippen LogP contribution in [0.5, 0.6) is 5.75 Å². The fraction of sp³-hybridized carbons (Fsp3) is 0.294. The predicted molar refractivity (Wildman–Crippen MR) is 95.5 cm³/mol. The smallest absolute Gasteiger partial charge is 0.354 e. The van der Waals surface area contributed by atoms with Crippen LogP contribution in [0.1, 0.15) is 39.0 Å². The highest BCUT2D eigenvalue weighted by Crippen LogP contribution is 2.18. The number of aromatic nitrogens is 1. The number of benzene rings is 1. The molecule has 0 bridgehead atoms. The highest BCUT2D eigenvalue weighted by Gasteiger charge is 2.17. The Bertz CT molecular complexity index is 708. The lowest BCUT2D eigenvalue weighted by atomic mass is 10.0. The van der Waals surface area contributed by atoms with E-state index in [0.717, 1.165) is 11.3 Å². The van der Waals surface area contributed by atoms with E-state index >= 15 is 0 Å². The van der Waals surface area contributed by atoms with Crippen LogP contribution in [-0.2, 0) is 11.2 Å². The zero-order chi connectivity index (χ0) is 16.8. The summed E-state index contributed by atoms with van der Waals surface area (Å²) >= 11 is 2.12. The molecule has 0 spiro atoms. The van der Waals surface area contributed by atoms with E-state index in [9.17, 15) is 9.59 Å². The van der Waals surface area contributed by atoms with Gasteiger partial charge in [0.05, 0.1) is 6.61 Å². The Balaban J connectivity index is 2.14. The zero-order valence-corrected chi connectivity index (χ0v) is 15.2. The Morgan fingerprint density at radius 1 is 1.26 bits per heavy atom. The van der Waals surface area contributed by atoms with Crippen molar-refractivity contribution in [3.8, 4) is 5.75 Å². The van der Waals surface area contributed by atoms with Crippen LogP contribution in [0.3, 0.4) is 0 Å². The van der Waals surface area contributed by atoms with Crippen LogP contribution in [0, 0.1) is 6.92 Å². The topological polar surface area (TPSA) is 68.4 Å². The van der Waals surface area contributed by atoms with Crippen LogP contribution >= 0.6 is 22.6 Å². The molecule has 1 aromatic heterocycles. The minimum absolute atomic E-state index is 0.0547. The first-order valence-electron chi connectivity index (χ1n) is 7.22. The molecule has 122 valence electrons. The van der Waals surface area contributed by atoms with Crippen molar-refractivity contribution in [1.82, 2.24) is 4.98 Å². The Morgan fingerprint density at radius 3 is 2.74 bits per heavy atom. The number of hydrogen-bond donors (Lipinski definition) is 1. The molecule has 0 atom stereocenters. The van der Waals surface area contributed by atoms with E-state index in [4.69, 9.17) is 9.47 Å². The molecule has 0 saturated heterocycles. The van der Waals surface area contributed by atoms with Crippen molar-refractivity contribution in [2.45, 2.75) is 20.3 Å². The molecule has 0 aliphatic rings. The summed E-state index contributed by atoms with van der Waals surface area (Å²) in [5, 5.41) is 0. The summed E-state index contributed by atoms with van der Waals surface area (Å²) in [5.74, 6) is 0.232. The minimum atomic E-state index is -0.452. The number of nitrogens with one attached hydrogen (secondary N) is 1. The Morgan fingerprint density at radius 2 is 2.04 bits per heavy atom. The largest absolute Gasteiger partial charge is 0.483 e. The summed E-state index contributed by atoms with van der Waals surface area (Å²) in [7, 11) is 0. The van der Waals surface area contributed by atoms with E-state index in [-0.39, 0.29) is 12.2 Å². The number of carbonyl (C=O) groups excluding carboxylic acids is 2. The third kappa shape index (κ3) is 4.57. The molecule has 1 N–H and O–H groups in total. The van der Waals surface area contributed by atoms with Crippen molar-refractivity contribution in [1.29, 1.82) is 0 Å². The number of aromatic amines is 1. The number of Topliss-reactive ketones (excluding diaryl/α,β-unsaturated/α-hetero) is 1. The first kappa shape index (κ1) is 17.5. The molecule has 0 aliphatic carbocycles. The summed E-state index contributed by atoms with van der Waals surface area (Å²) < 4.78 is 10.9. The lowest BCUT2D eigenvalue weighted by Crippen LogP contribution is -2.05. The molecule has 0 fully saturated rings. The normalized spacial score (nSPS) is 10.4. The number of aryl methyl sites for hydroxylation is 1. The maximum absolute atomic E-state index is 12.5. The number of alkyl halides is 1. The molecule has 0 radical (unpaired) electrons. The minimum Gasteiger partial charge on any atom is -0.483 e. The zero-order valence-electron chi connectivity index (χ0n) is 13.0. The fourth-order valence-electron chi connectivity index (χ4n) is 2.26. The van der Waals surface area contributed by atoms with E-state index in [1.165, 1.54) is 0 Å². The number of esters is 1. The monoisotopic (exact) mass is 427 g/mol. The second-order valence-corrected chi connectivity index (χ2v) is 5.57. The third-order valence-electron chi connectivity index (χ3n) is 3.29. The van der Waals surface area contributed by atoms with Gasteiger partial charge < -0.3 is 14.5 Å². The average Bonchev–Trinajstić information content (AvgIpc) is 2.90. The van der Waals surface area contributed by atoms with Gasteiger partial charge in [-0.1, -0.05) is 12.1 Å². The number of halogens is 1. The van der Waals surface area contributed by atoms with Gasteiger partial charge in [0.1, 0.15) is 16.1 Å². The van der Waals surface area contributed by atoms with E-state index in [1.54, 1.807) is 19.9 Å². The molecule has 0 unspecified atom stereocenters. The van der Waals surface area contributed by atoms with Crippen LogP contribution in [-0.4, -0.2) is 28.0 Å². The van der Waals surface area contributed by atoms with Gasteiger partial charge in [0, 0.05) is 17.7 Å². The number of hydrogen-bond acceptors (Lipinski definition) is 4. The van der Waals surface area contributed by atoms with Crippen LogP contribution in [0.2, 0.25) is 0 Å². The average molecular weight is 427 g/mol. The molecule has 6 heteroatoms. The number of ether oxygens (including phenoxy) is 2. The highest BCUT2D eigenvalue weighted by atomic mass is 127. The van der Waals surface area contributed by atoms with Crippen LogP contribution in [0.15, 0.2) is 30.3 Å². The molecule has 5 nitrogen and oxygen atoms in total. The van der Waals surface area contributed by atoms with Crippen molar-refractivity contribution in [3.05, 3.63) is 52.8 Å². The molecular formula is C17H18INO4. The number of H-pyrrole nitrogens is 1.